The highest BCUT2D eigenvalue weighted by molar-refractivity contribution is 6.01. The predicted molar refractivity (Wildman–Crippen MR) is 200 cm³/mol. The Labute approximate surface area is 279 Å². The van der Waals surface area contributed by atoms with Gasteiger partial charge in [-0.2, -0.15) is 0 Å². The van der Waals surface area contributed by atoms with E-state index in [2.05, 4.69) is 104 Å². The topological polar surface area (TPSA) is 0 Å². The molecule has 0 radical (unpaired) electrons. The van der Waals surface area contributed by atoms with Crippen molar-refractivity contribution in [3.05, 3.63) is 124 Å². The zero-order valence-electron chi connectivity index (χ0n) is 29.7. The Hall–Kier alpha value is -3.38. The van der Waals surface area contributed by atoms with Gasteiger partial charge in [-0.25, -0.2) is 0 Å². The lowest BCUT2D eigenvalue weighted by Gasteiger charge is -2.62. The number of rotatable bonds is 4. The zero-order valence-corrected chi connectivity index (χ0v) is 29.7. The minimum absolute atomic E-state index is 0.00296. The third kappa shape index (κ3) is 4.38. The maximum atomic E-state index is 4.94. The Morgan fingerprint density at radius 2 is 1.50 bits per heavy atom. The summed E-state index contributed by atoms with van der Waals surface area (Å²) in [6.07, 6.45) is 11.4. The van der Waals surface area contributed by atoms with E-state index >= 15 is 0 Å². The van der Waals surface area contributed by atoms with Crippen LogP contribution < -0.4 is 0 Å². The van der Waals surface area contributed by atoms with E-state index in [0.717, 1.165) is 30.8 Å². The van der Waals surface area contributed by atoms with E-state index in [4.69, 9.17) is 13.2 Å². The molecule has 7 rings (SSSR count). The number of aryl methyl sites for hydroxylation is 1. The van der Waals surface area contributed by atoms with Crippen molar-refractivity contribution < 1.29 is 0 Å². The standard InChI is InChI=1S/C46H54/c1-28(2)41-30(4)25-45(9)27-44(8)26-40-39(22-20-29(3)42(40)31(5)43(44)33(7)46(45,10)32(41)6)38-23-21-35(24-34-16-12-11-13-17-34)36-18-14-15-19-37(36)38/h14-15,18-23,34H,1,5-6,11-13,16-17,24-27H2,2-4,7-10H3/t44-,45+,46-/m1/s1. The van der Waals surface area contributed by atoms with Crippen molar-refractivity contribution in [2.75, 3.05) is 0 Å². The van der Waals surface area contributed by atoms with Gasteiger partial charge >= 0.3 is 0 Å². The smallest absolute Gasteiger partial charge is 0.0194 e. The molecule has 4 aliphatic carbocycles. The first-order valence-electron chi connectivity index (χ1n) is 17.9. The van der Waals surface area contributed by atoms with Crippen molar-refractivity contribution in [1.82, 2.24) is 0 Å². The molecule has 3 atom stereocenters. The molecule has 0 heteroatoms. The van der Waals surface area contributed by atoms with Gasteiger partial charge in [0, 0.05) is 5.41 Å². The van der Waals surface area contributed by atoms with Gasteiger partial charge in [0.1, 0.15) is 0 Å². The first-order chi connectivity index (χ1) is 21.8. The second-order valence-electron chi connectivity index (χ2n) is 16.5. The van der Waals surface area contributed by atoms with Crippen molar-refractivity contribution >= 4 is 16.3 Å². The molecule has 0 spiro atoms. The van der Waals surface area contributed by atoms with Gasteiger partial charge in [0.2, 0.25) is 0 Å². The highest BCUT2D eigenvalue weighted by atomic mass is 14.6. The van der Waals surface area contributed by atoms with Gasteiger partial charge in [-0.05, 0) is 137 Å². The molecule has 0 unspecified atom stereocenters. The number of benzene rings is 3. The summed E-state index contributed by atoms with van der Waals surface area (Å²) in [4.78, 5) is 0. The van der Waals surface area contributed by atoms with Crippen LogP contribution in [0.3, 0.4) is 0 Å². The molecular formula is C46H54. The van der Waals surface area contributed by atoms with Crippen LogP contribution in [-0.2, 0) is 12.8 Å². The maximum absolute atomic E-state index is 4.94. The van der Waals surface area contributed by atoms with Gasteiger partial charge in [-0.3, -0.25) is 0 Å². The molecule has 0 bridgehead atoms. The third-order valence-corrected chi connectivity index (χ3v) is 13.4. The van der Waals surface area contributed by atoms with Crippen molar-refractivity contribution in [2.24, 2.45) is 22.2 Å². The van der Waals surface area contributed by atoms with E-state index in [1.165, 1.54) is 116 Å². The zero-order chi connectivity index (χ0) is 32.8. The summed E-state index contributed by atoms with van der Waals surface area (Å²) in [5.41, 5.74) is 17.8. The molecule has 3 aromatic carbocycles. The van der Waals surface area contributed by atoms with Gasteiger partial charge < -0.3 is 0 Å². The SMILES string of the molecule is C=C(C)C1=C(C)C[C@@]2(C)C[C@@]3(C)Cc4c(-c5ccc(CC6CCCCC6)c6ccccc56)ccc(C)c4C(=C)C3=C(C)[C@@]2(C)C1=C. The third-order valence-electron chi connectivity index (χ3n) is 13.4. The molecule has 46 heavy (non-hydrogen) atoms. The van der Waals surface area contributed by atoms with Gasteiger partial charge in [0.15, 0.2) is 0 Å². The number of allylic oxidation sites excluding steroid dienone is 7. The number of hydrogen-bond acceptors (Lipinski definition) is 0. The van der Waals surface area contributed by atoms with Crippen LogP contribution in [0, 0.1) is 29.1 Å². The van der Waals surface area contributed by atoms with E-state index in [9.17, 15) is 0 Å². The minimum Gasteiger partial charge on any atom is -0.0955 e. The van der Waals surface area contributed by atoms with E-state index in [-0.39, 0.29) is 16.2 Å². The summed E-state index contributed by atoms with van der Waals surface area (Å²) in [6, 6.07) is 18.9. The lowest BCUT2D eigenvalue weighted by Crippen LogP contribution is -2.52. The van der Waals surface area contributed by atoms with E-state index < -0.39 is 0 Å². The molecule has 3 aromatic rings. The van der Waals surface area contributed by atoms with Crippen LogP contribution in [-0.4, -0.2) is 0 Å². The molecule has 1 fully saturated rings. The molecule has 0 N–H and O–H groups in total. The molecule has 238 valence electrons. The fourth-order valence-corrected chi connectivity index (χ4v) is 11.3. The van der Waals surface area contributed by atoms with Crippen molar-refractivity contribution in [3.63, 3.8) is 0 Å². The van der Waals surface area contributed by atoms with Crippen LogP contribution in [0.4, 0.5) is 0 Å². The molecule has 4 aliphatic rings. The fraction of sp³-hybridized carbons (Fsp3) is 0.435. The van der Waals surface area contributed by atoms with Crippen LogP contribution in [0.25, 0.3) is 27.5 Å². The van der Waals surface area contributed by atoms with Gasteiger partial charge in [-0.1, -0.05) is 138 Å². The van der Waals surface area contributed by atoms with Gasteiger partial charge in [-0.15, -0.1) is 0 Å². The molecule has 1 saturated carbocycles. The quantitative estimate of drug-likeness (QED) is 0.277. The Kier molecular flexibility index (Phi) is 7.35. The Bertz CT molecular complexity index is 1900. The van der Waals surface area contributed by atoms with Crippen LogP contribution in [0.15, 0.2) is 102 Å². The highest BCUT2D eigenvalue weighted by Gasteiger charge is 2.59. The first kappa shape index (κ1) is 31.2. The van der Waals surface area contributed by atoms with Gasteiger partial charge in [0.25, 0.3) is 0 Å². The average molecular weight is 607 g/mol. The number of hydrogen-bond donors (Lipinski definition) is 0. The summed E-state index contributed by atoms with van der Waals surface area (Å²) >= 11 is 0. The van der Waals surface area contributed by atoms with Crippen LogP contribution in [0.5, 0.6) is 0 Å². The van der Waals surface area contributed by atoms with Crippen molar-refractivity contribution in [1.29, 1.82) is 0 Å². The van der Waals surface area contributed by atoms with Crippen LogP contribution >= 0.6 is 0 Å². The lowest BCUT2D eigenvalue weighted by molar-refractivity contribution is 0.0544. The summed E-state index contributed by atoms with van der Waals surface area (Å²) in [7, 11) is 0. The summed E-state index contributed by atoms with van der Waals surface area (Å²) in [5, 5.41) is 2.84. The van der Waals surface area contributed by atoms with Crippen LogP contribution in [0.2, 0.25) is 0 Å². The Morgan fingerprint density at radius 1 is 0.826 bits per heavy atom. The second kappa shape index (κ2) is 10.8. The van der Waals surface area contributed by atoms with Crippen molar-refractivity contribution in [2.45, 2.75) is 106 Å². The Balaban J connectivity index is 1.39. The summed E-state index contributed by atoms with van der Waals surface area (Å²) in [6.45, 7) is 30.9. The van der Waals surface area contributed by atoms with Crippen LogP contribution in [0.1, 0.15) is 109 Å². The average Bonchev–Trinajstić information content (AvgIpc) is 3.00. The molecular weight excluding hydrogens is 553 g/mol. The largest absolute Gasteiger partial charge is 0.0955 e. The second-order valence-corrected chi connectivity index (χ2v) is 16.5. The van der Waals surface area contributed by atoms with E-state index in [0.29, 0.717) is 0 Å². The summed E-state index contributed by atoms with van der Waals surface area (Å²) < 4.78 is 0. The molecule has 0 aromatic heterocycles. The molecule has 0 aliphatic heterocycles. The van der Waals surface area contributed by atoms with E-state index in [1.54, 1.807) is 0 Å². The molecule has 0 heterocycles. The van der Waals surface area contributed by atoms with Gasteiger partial charge in [0.05, 0.1) is 0 Å². The normalized spacial score (nSPS) is 28.3. The minimum atomic E-state index is -0.133. The monoisotopic (exact) mass is 606 g/mol. The first-order valence-corrected chi connectivity index (χ1v) is 17.9. The number of fused-ring (bicyclic) bond motifs is 4. The van der Waals surface area contributed by atoms with E-state index in [1.807, 2.05) is 0 Å². The Morgan fingerprint density at radius 3 is 2.20 bits per heavy atom. The predicted octanol–water partition coefficient (Wildman–Crippen LogP) is 13.1. The molecule has 0 saturated heterocycles. The lowest BCUT2D eigenvalue weighted by atomic mass is 9.41. The maximum Gasteiger partial charge on any atom is 0.0194 e. The fourth-order valence-electron chi connectivity index (χ4n) is 11.3. The summed E-state index contributed by atoms with van der Waals surface area (Å²) in [5.74, 6) is 0.825. The van der Waals surface area contributed by atoms with Crippen molar-refractivity contribution in [3.8, 4) is 11.1 Å². The highest BCUT2D eigenvalue weighted by Crippen LogP contribution is 2.70. The molecule has 0 amide bonds. The molecule has 0 nitrogen and oxygen atoms in total.